The van der Waals surface area contributed by atoms with Gasteiger partial charge < -0.3 is 10.4 Å². The monoisotopic (exact) mass is 328 g/mol. The predicted molar refractivity (Wildman–Crippen MR) is 78.1 cm³/mol. The molecule has 0 aromatic heterocycles. The SMILES string of the molecule is O=C(O)[C@H]1CN(Cc2ccc(C3(C(F)(F)F)CC3)cc2)CCN1. The third-order valence-corrected chi connectivity index (χ3v) is 4.76. The average Bonchev–Trinajstić information content (AvgIpc) is 3.29. The molecule has 2 N–H and O–H groups in total. The molecule has 0 bridgehead atoms. The Bertz CT molecular complexity index is 582. The topological polar surface area (TPSA) is 52.6 Å². The van der Waals surface area contributed by atoms with Crippen LogP contribution in [-0.2, 0) is 16.8 Å². The van der Waals surface area contributed by atoms with E-state index in [2.05, 4.69) is 5.32 Å². The van der Waals surface area contributed by atoms with E-state index in [1.165, 1.54) is 0 Å². The third kappa shape index (κ3) is 3.21. The lowest BCUT2D eigenvalue weighted by Gasteiger charge is -2.31. The van der Waals surface area contributed by atoms with Crippen molar-refractivity contribution in [3.8, 4) is 0 Å². The third-order valence-electron chi connectivity index (χ3n) is 4.76. The fourth-order valence-electron chi connectivity index (χ4n) is 3.17. The van der Waals surface area contributed by atoms with Crippen molar-refractivity contribution in [1.82, 2.24) is 10.2 Å². The zero-order valence-electron chi connectivity index (χ0n) is 12.6. The summed E-state index contributed by atoms with van der Waals surface area (Å²) in [5, 5.41) is 12.0. The second-order valence-electron chi connectivity index (χ2n) is 6.36. The molecular weight excluding hydrogens is 309 g/mol. The minimum atomic E-state index is -4.19. The molecule has 0 amide bonds. The van der Waals surface area contributed by atoms with E-state index < -0.39 is 23.6 Å². The summed E-state index contributed by atoms with van der Waals surface area (Å²) < 4.78 is 39.3. The van der Waals surface area contributed by atoms with Crippen LogP contribution in [0, 0.1) is 0 Å². The van der Waals surface area contributed by atoms with E-state index in [-0.39, 0.29) is 12.8 Å². The number of piperazine rings is 1. The van der Waals surface area contributed by atoms with Gasteiger partial charge in [0.15, 0.2) is 0 Å². The minimum absolute atomic E-state index is 0.161. The van der Waals surface area contributed by atoms with Crippen LogP contribution < -0.4 is 5.32 Å². The number of halogens is 3. The zero-order valence-corrected chi connectivity index (χ0v) is 12.6. The predicted octanol–water partition coefficient (Wildman–Crippen LogP) is 2.14. The molecule has 1 heterocycles. The lowest BCUT2D eigenvalue weighted by molar-refractivity contribution is -0.160. The Morgan fingerprint density at radius 2 is 1.96 bits per heavy atom. The Balaban J connectivity index is 1.65. The van der Waals surface area contributed by atoms with Crippen LogP contribution in [0.3, 0.4) is 0 Å². The van der Waals surface area contributed by atoms with Crippen molar-refractivity contribution >= 4 is 5.97 Å². The quantitative estimate of drug-likeness (QED) is 0.889. The summed E-state index contributed by atoms with van der Waals surface area (Å²) in [6.45, 7) is 2.25. The molecule has 1 atom stereocenters. The molecule has 2 aliphatic rings. The number of nitrogens with zero attached hydrogens (tertiary/aromatic N) is 1. The van der Waals surface area contributed by atoms with Gasteiger partial charge >= 0.3 is 12.1 Å². The molecule has 3 rings (SSSR count). The van der Waals surface area contributed by atoms with Gasteiger partial charge in [0.05, 0.1) is 5.41 Å². The van der Waals surface area contributed by atoms with Crippen LogP contribution in [0.5, 0.6) is 0 Å². The van der Waals surface area contributed by atoms with E-state index in [0.717, 1.165) is 12.1 Å². The lowest BCUT2D eigenvalue weighted by Crippen LogP contribution is -2.53. The van der Waals surface area contributed by atoms with Gasteiger partial charge in [0.2, 0.25) is 0 Å². The first-order valence-corrected chi connectivity index (χ1v) is 7.66. The standard InChI is InChI=1S/C16H19F3N2O2/c17-16(18,19)15(5-6-15)12-3-1-11(2-4-12)9-21-8-7-20-13(10-21)14(22)23/h1-4,13,20H,5-10H2,(H,22,23)/t13-/m1/s1. The second kappa shape index (κ2) is 5.79. The highest BCUT2D eigenvalue weighted by Crippen LogP contribution is 2.58. The highest BCUT2D eigenvalue weighted by molar-refractivity contribution is 5.73. The van der Waals surface area contributed by atoms with E-state index in [0.29, 0.717) is 25.2 Å². The number of aliphatic carboxylic acids is 1. The van der Waals surface area contributed by atoms with E-state index in [4.69, 9.17) is 5.11 Å². The molecule has 1 aromatic rings. The summed E-state index contributed by atoms with van der Waals surface area (Å²) in [6, 6.07) is 5.97. The number of nitrogens with one attached hydrogen (secondary N) is 1. The van der Waals surface area contributed by atoms with Gasteiger partial charge in [0.1, 0.15) is 6.04 Å². The Morgan fingerprint density at radius 1 is 1.30 bits per heavy atom. The first-order valence-electron chi connectivity index (χ1n) is 7.66. The van der Waals surface area contributed by atoms with Crippen molar-refractivity contribution in [3.05, 3.63) is 35.4 Å². The Labute approximate surface area is 132 Å². The molecular formula is C16H19F3N2O2. The fraction of sp³-hybridized carbons (Fsp3) is 0.562. The molecule has 23 heavy (non-hydrogen) atoms. The van der Waals surface area contributed by atoms with Gasteiger partial charge in [-0.2, -0.15) is 13.2 Å². The van der Waals surface area contributed by atoms with E-state index in [1.54, 1.807) is 24.3 Å². The van der Waals surface area contributed by atoms with Crippen LogP contribution >= 0.6 is 0 Å². The van der Waals surface area contributed by atoms with Crippen molar-refractivity contribution in [1.29, 1.82) is 0 Å². The summed E-state index contributed by atoms with van der Waals surface area (Å²) in [7, 11) is 0. The van der Waals surface area contributed by atoms with Gasteiger partial charge in [-0.15, -0.1) is 0 Å². The number of alkyl halides is 3. The molecule has 126 valence electrons. The molecule has 0 radical (unpaired) electrons. The molecule has 1 aliphatic carbocycles. The largest absolute Gasteiger partial charge is 0.480 e. The van der Waals surface area contributed by atoms with Crippen molar-refractivity contribution in [2.45, 2.75) is 37.0 Å². The first kappa shape index (κ1) is 16.3. The van der Waals surface area contributed by atoms with Crippen LogP contribution in [0.2, 0.25) is 0 Å². The average molecular weight is 328 g/mol. The van der Waals surface area contributed by atoms with E-state index in [9.17, 15) is 18.0 Å². The Kier molecular flexibility index (Phi) is 4.10. The lowest BCUT2D eigenvalue weighted by atomic mass is 9.94. The minimum Gasteiger partial charge on any atom is -0.480 e. The van der Waals surface area contributed by atoms with Gasteiger partial charge in [-0.3, -0.25) is 9.69 Å². The summed E-state index contributed by atoms with van der Waals surface area (Å²) >= 11 is 0. The van der Waals surface area contributed by atoms with Crippen LogP contribution in [0.4, 0.5) is 13.2 Å². The summed E-state index contributed by atoms with van der Waals surface area (Å²) in [6.07, 6.45) is -3.87. The van der Waals surface area contributed by atoms with Crippen molar-refractivity contribution in [3.63, 3.8) is 0 Å². The number of rotatable bonds is 4. The van der Waals surface area contributed by atoms with Crippen LogP contribution in [0.25, 0.3) is 0 Å². The van der Waals surface area contributed by atoms with Crippen LogP contribution in [-0.4, -0.2) is 47.8 Å². The molecule has 1 aliphatic heterocycles. The molecule has 1 saturated carbocycles. The van der Waals surface area contributed by atoms with Gasteiger partial charge in [-0.1, -0.05) is 24.3 Å². The molecule has 1 aromatic carbocycles. The Morgan fingerprint density at radius 3 is 2.48 bits per heavy atom. The molecule has 7 heteroatoms. The number of carbonyl (C=O) groups is 1. The Hall–Kier alpha value is -1.60. The smallest absolute Gasteiger partial charge is 0.398 e. The maximum Gasteiger partial charge on any atom is 0.398 e. The first-order chi connectivity index (χ1) is 10.8. The van der Waals surface area contributed by atoms with Crippen LogP contribution in [0.15, 0.2) is 24.3 Å². The summed E-state index contributed by atoms with van der Waals surface area (Å²) in [4.78, 5) is 13.0. The van der Waals surface area contributed by atoms with Gasteiger partial charge in [0, 0.05) is 26.2 Å². The molecule has 0 spiro atoms. The normalized spacial score (nSPS) is 24.4. The van der Waals surface area contributed by atoms with Gasteiger partial charge in [0.25, 0.3) is 0 Å². The highest BCUT2D eigenvalue weighted by atomic mass is 19.4. The zero-order chi connectivity index (χ0) is 16.7. The number of hydrogen-bond donors (Lipinski definition) is 2. The maximum atomic E-state index is 13.1. The number of benzene rings is 1. The highest BCUT2D eigenvalue weighted by Gasteiger charge is 2.64. The number of carboxylic acids is 1. The molecule has 4 nitrogen and oxygen atoms in total. The molecule has 2 fully saturated rings. The molecule has 1 saturated heterocycles. The van der Waals surface area contributed by atoms with Crippen molar-refractivity contribution < 1.29 is 23.1 Å². The maximum absolute atomic E-state index is 13.1. The number of carboxylic acid groups (broad SMARTS) is 1. The summed E-state index contributed by atoms with van der Waals surface area (Å²) in [5.74, 6) is -0.883. The second-order valence-corrected chi connectivity index (χ2v) is 6.36. The molecule has 0 unspecified atom stereocenters. The number of hydrogen-bond acceptors (Lipinski definition) is 3. The van der Waals surface area contributed by atoms with E-state index in [1.807, 2.05) is 4.90 Å². The summed E-state index contributed by atoms with van der Waals surface area (Å²) in [5.41, 5.74) is -0.412. The van der Waals surface area contributed by atoms with Crippen molar-refractivity contribution in [2.75, 3.05) is 19.6 Å². The van der Waals surface area contributed by atoms with Gasteiger partial charge in [-0.05, 0) is 24.0 Å². The van der Waals surface area contributed by atoms with Crippen molar-refractivity contribution in [2.24, 2.45) is 0 Å². The van der Waals surface area contributed by atoms with Crippen LogP contribution in [0.1, 0.15) is 24.0 Å². The van der Waals surface area contributed by atoms with Gasteiger partial charge in [-0.25, -0.2) is 0 Å². The fourth-order valence-corrected chi connectivity index (χ4v) is 3.17. The van der Waals surface area contributed by atoms with E-state index >= 15 is 0 Å².